The standard InChI is InChI=1S/C26H34/c1-24(2,3)21-16-19-14-17-12-10-11-13-18(17)15-20(19)22(25(4,5)6)23(21)26(7,8)9/h10-16H,1-9H3. The molecule has 0 radical (unpaired) electrons. The maximum Gasteiger partial charge on any atom is -0.0123 e. The van der Waals surface area contributed by atoms with Gasteiger partial charge in [0.2, 0.25) is 0 Å². The second-order valence-electron chi connectivity index (χ2n) is 10.8. The highest BCUT2D eigenvalue weighted by Crippen LogP contribution is 2.45. The van der Waals surface area contributed by atoms with Crippen molar-refractivity contribution < 1.29 is 0 Å². The zero-order chi connectivity index (χ0) is 19.5. The summed E-state index contributed by atoms with van der Waals surface area (Å²) in [5.74, 6) is 0. The van der Waals surface area contributed by atoms with Crippen molar-refractivity contribution in [3.05, 3.63) is 59.2 Å². The van der Waals surface area contributed by atoms with E-state index in [1.54, 1.807) is 0 Å². The van der Waals surface area contributed by atoms with Crippen LogP contribution in [0.2, 0.25) is 0 Å². The normalized spacial score (nSPS) is 13.6. The molecular weight excluding hydrogens is 312 g/mol. The molecule has 0 heteroatoms. The smallest absolute Gasteiger partial charge is 0.0123 e. The highest BCUT2D eigenvalue weighted by molar-refractivity contribution is 6.01. The third-order valence-electron chi connectivity index (χ3n) is 5.31. The van der Waals surface area contributed by atoms with Crippen LogP contribution in [-0.2, 0) is 16.2 Å². The maximum absolute atomic E-state index is 2.46. The van der Waals surface area contributed by atoms with Crippen LogP contribution in [-0.4, -0.2) is 0 Å². The van der Waals surface area contributed by atoms with Crippen LogP contribution in [0.4, 0.5) is 0 Å². The van der Waals surface area contributed by atoms with Crippen molar-refractivity contribution in [1.82, 2.24) is 0 Å². The number of fused-ring (bicyclic) bond motifs is 2. The fourth-order valence-electron chi connectivity index (χ4n) is 4.24. The highest BCUT2D eigenvalue weighted by atomic mass is 14.4. The first-order valence-electron chi connectivity index (χ1n) is 9.81. The number of benzene rings is 3. The predicted octanol–water partition coefficient (Wildman–Crippen LogP) is 7.89. The van der Waals surface area contributed by atoms with Gasteiger partial charge in [0.05, 0.1) is 0 Å². The van der Waals surface area contributed by atoms with Gasteiger partial charge in [0.25, 0.3) is 0 Å². The molecule has 0 bridgehead atoms. The lowest BCUT2D eigenvalue weighted by atomic mass is 9.67. The first-order chi connectivity index (χ1) is 11.8. The zero-order valence-corrected chi connectivity index (χ0v) is 18.0. The average Bonchev–Trinajstić information content (AvgIpc) is 2.48. The molecule has 0 N–H and O–H groups in total. The minimum atomic E-state index is 0.0879. The van der Waals surface area contributed by atoms with Crippen molar-refractivity contribution in [3.8, 4) is 0 Å². The van der Waals surface area contributed by atoms with Gasteiger partial charge >= 0.3 is 0 Å². The molecule has 0 spiro atoms. The first-order valence-corrected chi connectivity index (χ1v) is 9.81. The molecule has 0 aliphatic rings. The molecule has 0 aliphatic heterocycles. The molecule has 0 saturated heterocycles. The van der Waals surface area contributed by atoms with E-state index in [9.17, 15) is 0 Å². The molecule has 0 fully saturated rings. The number of hydrogen-bond donors (Lipinski definition) is 0. The van der Waals surface area contributed by atoms with Crippen LogP contribution in [0.3, 0.4) is 0 Å². The van der Waals surface area contributed by atoms with E-state index in [0.717, 1.165) is 0 Å². The van der Waals surface area contributed by atoms with Crippen LogP contribution >= 0.6 is 0 Å². The van der Waals surface area contributed by atoms with Gasteiger partial charge < -0.3 is 0 Å². The van der Waals surface area contributed by atoms with E-state index in [-0.39, 0.29) is 16.2 Å². The Kier molecular flexibility index (Phi) is 4.26. The second-order valence-corrected chi connectivity index (χ2v) is 10.8. The van der Waals surface area contributed by atoms with E-state index in [2.05, 4.69) is 105 Å². The lowest BCUT2D eigenvalue weighted by molar-refractivity contribution is 0.501. The summed E-state index contributed by atoms with van der Waals surface area (Å²) >= 11 is 0. The second kappa shape index (κ2) is 5.84. The molecular formula is C26H34. The fourth-order valence-corrected chi connectivity index (χ4v) is 4.24. The summed E-state index contributed by atoms with van der Waals surface area (Å²) in [7, 11) is 0. The lowest BCUT2D eigenvalue weighted by Crippen LogP contribution is -2.28. The monoisotopic (exact) mass is 346 g/mol. The van der Waals surface area contributed by atoms with Gasteiger partial charge in [-0.25, -0.2) is 0 Å². The van der Waals surface area contributed by atoms with Gasteiger partial charge in [0, 0.05) is 0 Å². The van der Waals surface area contributed by atoms with Crippen LogP contribution in [0.5, 0.6) is 0 Å². The molecule has 0 aromatic heterocycles. The van der Waals surface area contributed by atoms with Crippen molar-refractivity contribution in [2.45, 2.75) is 78.6 Å². The Morgan fingerprint density at radius 3 is 1.46 bits per heavy atom. The minimum absolute atomic E-state index is 0.0879. The lowest BCUT2D eigenvalue weighted by Gasteiger charge is -2.37. The van der Waals surface area contributed by atoms with Crippen LogP contribution in [0.15, 0.2) is 42.5 Å². The Labute approximate surface area is 159 Å². The molecule has 0 amide bonds. The van der Waals surface area contributed by atoms with Gasteiger partial charge in [-0.15, -0.1) is 0 Å². The summed E-state index contributed by atoms with van der Waals surface area (Å²) in [6.07, 6.45) is 0. The van der Waals surface area contributed by atoms with Gasteiger partial charge in [0.1, 0.15) is 0 Å². The molecule has 3 rings (SSSR count). The van der Waals surface area contributed by atoms with Crippen LogP contribution < -0.4 is 0 Å². The molecule has 0 saturated carbocycles. The quantitative estimate of drug-likeness (QED) is 0.363. The van der Waals surface area contributed by atoms with Gasteiger partial charge in [-0.05, 0) is 66.6 Å². The Hall–Kier alpha value is -1.82. The first kappa shape index (κ1) is 19.0. The van der Waals surface area contributed by atoms with E-state index < -0.39 is 0 Å². The minimum Gasteiger partial charge on any atom is -0.0616 e. The molecule has 0 atom stereocenters. The Bertz CT molecular complexity index is 967. The Balaban J connectivity index is 2.61. The predicted molar refractivity (Wildman–Crippen MR) is 118 cm³/mol. The van der Waals surface area contributed by atoms with Crippen molar-refractivity contribution >= 4 is 21.5 Å². The summed E-state index contributed by atoms with van der Waals surface area (Å²) in [6, 6.07) is 16.0. The van der Waals surface area contributed by atoms with Gasteiger partial charge in [-0.1, -0.05) is 92.6 Å². The molecule has 138 valence electrons. The summed E-state index contributed by atoms with van der Waals surface area (Å²) in [5, 5.41) is 5.43. The summed E-state index contributed by atoms with van der Waals surface area (Å²) in [5.41, 5.74) is 4.83. The Morgan fingerprint density at radius 2 is 1.00 bits per heavy atom. The number of hydrogen-bond acceptors (Lipinski definition) is 0. The van der Waals surface area contributed by atoms with Crippen molar-refractivity contribution in [3.63, 3.8) is 0 Å². The molecule has 0 heterocycles. The molecule has 0 aliphatic carbocycles. The van der Waals surface area contributed by atoms with Gasteiger partial charge in [0.15, 0.2) is 0 Å². The van der Waals surface area contributed by atoms with Crippen molar-refractivity contribution in [2.24, 2.45) is 0 Å². The third-order valence-corrected chi connectivity index (χ3v) is 5.31. The SMILES string of the molecule is CC(C)(C)c1cc2cc3ccccc3cc2c(C(C)(C)C)c1C(C)(C)C. The van der Waals surface area contributed by atoms with E-state index in [0.29, 0.717) is 0 Å². The third kappa shape index (κ3) is 3.27. The largest absolute Gasteiger partial charge is 0.0616 e. The maximum atomic E-state index is 2.46. The summed E-state index contributed by atoms with van der Waals surface area (Å²) in [4.78, 5) is 0. The summed E-state index contributed by atoms with van der Waals surface area (Å²) < 4.78 is 0. The zero-order valence-electron chi connectivity index (χ0n) is 18.0. The topological polar surface area (TPSA) is 0 Å². The average molecular weight is 347 g/mol. The van der Waals surface area contributed by atoms with Gasteiger partial charge in [-0.3, -0.25) is 0 Å². The molecule has 0 nitrogen and oxygen atoms in total. The fraction of sp³-hybridized carbons (Fsp3) is 0.462. The van der Waals surface area contributed by atoms with E-state index >= 15 is 0 Å². The van der Waals surface area contributed by atoms with Crippen LogP contribution in [0, 0.1) is 0 Å². The molecule has 0 unspecified atom stereocenters. The van der Waals surface area contributed by atoms with Gasteiger partial charge in [-0.2, -0.15) is 0 Å². The number of rotatable bonds is 0. The highest BCUT2D eigenvalue weighted by Gasteiger charge is 2.33. The van der Waals surface area contributed by atoms with Crippen LogP contribution in [0.1, 0.15) is 79.0 Å². The van der Waals surface area contributed by atoms with Crippen LogP contribution in [0.25, 0.3) is 21.5 Å². The van der Waals surface area contributed by atoms with E-state index in [1.807, 2.05) is 0 Å². The van der Waals surface area contributed by atoms with Crippen molar-refractivity contribution in [2.75, 3.05) is 0 Å². The summed E-state index contributed by atoms with van der Waals surface area (Å²) in [6.45, 7) is 21.2. The molecule has 3 aromatic rings. The molecule has 26 heavy (non-hydrogen) atoms. The van der Waals surface area contributed by atoms with Crippen molar-refractivity contribution in [1.29, 1.82) is 0 Å². The van der Waals surface area contributed by atoms with E-state index in [4.69, 9.17) is 0 Å². The molecule has 3 aromatic carbocycles. The Morgan fingerprint density at radius 1 is 0.500 bits per heavy atom. The van der Waals surface area contributed by atoms with E-state index in [1.165, 1.54) is 38.2 Å².